The molecule has 1 aliphatic rings. The van der Waals surface area contributed by atoms with Crippen LogP contribution < -0.4 is 11.5 Å². The molecule has 0 aliphatic heterocycles. The molecule has 1 atom stereocenters. The zero-order valence-electron chi connectivity index (χ0n) is 11.0. The zero-order valence-corrected chi connectivity index (χ0v) is 11.0. The minimum Gasteiger partial charge on any atom is -0.461 e. The summed E-state index contributed by atoms with van der Waals surface area (Å²) in [6, 6.07) is 13.0. The van der Waals surface area contributed by atoms with Gasteiger partial charge in [-0.2, -0.15) is 0 Å². The molecule has 3 rings (SSSR count). The Kier molecular flexibility index (Phi) is 3.06. The van der Waals surface area contributed by atoms with Gasteiger partial charge >= 0.3 is 5.97 Å². The second-order valence-corrected chi connectivity index (χ2v) is 5.09. The van der Waals surface area contributed by atoms with E-state index in [0.29, 0.717) is 29.5 Å². The lowest BCUT2D eigenvalue weighted by Gasteiger charge is -2.29. The molecule has 0 saturated heterocycles. The standard InChI is InChI=1S/C16H16N2O2/c17-13-6-11(7-14(18)8-13)16(19)20-9-12-5-10-3-1-2-4-15(10)12/h1-4,6-8,12H,5,9,17-18H2. The van der Waals surface area contributed by atoms with E-state index < -0.39 is 0 Å². The van der Waals surface area contributed by atoms with Gasteiger partial charge < -0.3 is 16.2 Å². The lowest BCUT2D eigenvalue weighted by molar-refractivity contribution is 0.0470. The van der Waals surface area contributed by atoms with Gasteiger partial charge in [0.15, 0.2) is 0 Å². The van der Waals surface area contributed by atoms with E-state index in [9.17, 15) is 4.79 Å². The first-order chi connectivity index (χ1) is 9.63. The van der Waals surface area contributed by atoms with Crippen molar-refractivity contribution in [2.24, 2.45) is 0 Å². The van der Waals surface area contributed by atoms with Crippen molar-refractivity contribution in [3.05, 3.63) is 59.2 Å². The van der Waals surface area contributed by atoms with Gasteiger partial charge in [0.25, 0.3) is 0 Å². The fourth-order valence-electron chi connectivity index (χ4n) is 2.57. The molecule has 20 heavy (non-hydrogen) atoms. The molecule has 4 nitrogen and oxygen atoms in total. The van der Waals surface area contributed by atoms with Crippen molar-refractivity contribution in [1.29, 1.82) is 0 Å². The Morgan fingerprint density at radius 1 is 1.15 bits per heavy atom. The number of rotatable bonds is 3. The van der Waals surface area contributed by atoms with Crippen LogP contribution in [0.1, 0.15) is 27.4 Å². The van der Waals surface area contributed by atoms with E-state index in [0.717, 1.165) is 6.42 Å². The average Bonchev–Trinajstić information content (AvgIpc) is 2.38. The minimum absolute atomic E-state index is 0.300. The Bertz CT molecular complexity index is 647. The summed E-state index contributed by atoms with van der Waals surface area (Å²) in [5, 5.41) is 0. The van der Waals surface area contributed by atoms with Crippen LogP contribution in [0.2, 0.25) is 0 Å². The average molecular weight is 268 g/mol. The van der Waals surface area contributed by atoms with E-state index in [1.165, 1.54) is 11.1 Å². The molecule has 0 spiro atoms. The van der Waals surface area contributed by atoms with E-state index in [1.807, 2.05) is 12.1 Å². The van der Waals surface area contributed by atoms with Crippen molar-refractivity contribution < 1.29 is 9.53 Å². The summed E-state index contributed by atoms with van der Waals surface area (Å²) in [5.74, 6) is -0.0815. The molecule has 0 bridgehead atoms. The van der Waals surface area contributed by atoms with Crippen molar-refractivity contribution in [2.45, 2.75) is 12.3 Å². The largest absolute Gasteiger partial charge is 0.461 e. The molecule has 1 aliphatic carbocycles. The first-order valence-corrected chi connectivity index (χ1v) is 6.54. The molecule has 0 radical (unpaired) electrons. The third kappa shape index (κ3) is 2.32. The van der Waals surface area contributed by atoms with Gasteiger partial charge in [-0.25, -0.2) is 4.79 Å². The third-order valence-electron chi connectivity index (χ3n) is 3.59. The van der Waals surface area contributed by atoms with E-state index >= 15 is 0 Å². The van der Waals surface area contributed by atoms with Crippen molar-refractivity contribution in [1.82, 2.24) is 0 Å². The number of ether oxygens (including phenoxy) is 1. The number of carbonyl (C=O) groups is 1. The maximum Gasteiger partial charge on any atom is 0.338 e. The molecule has 0 fully saturated rings. The highest BCUT2D eigenvalue weighted by Gasteiger charge is 2.26. The number of esters is 1. The van der Waals surface area contributed by atoms with Crippen LogP contribution >= 0.6 is 0 Å². The van der Waals surface area contributed by atoms with Crippen LogP contribution in [0.5, 0.6) is 0 Å². The van der Waals surface area contributed by atoms with Gasteiger partial charge in [0.05, 0.1) is 12.2 Å². The minimum atomic E-state index is -0.381. The normalized spacial score (nSPS) is 16.1. The number of hydrogen-bond donors (Lipinski definition) is 2. The second kappa shape index (κ2) is 4.89. The topological polar surface area (TPSA) is 78.3 Å². The highest BCUT2D eigenvalue weighted by molar-refractivity contribution is 5.91. The number of carbonyl (C=O) groups excluding carboxylic acids is 1. The predicted molar refractivity (Wildman–Crippen MR) is 78.4 cm³/mol. The van der Waals surface area contributed by atoms with Crippen molar-refractivity contribution >= 4 is 17.3 Å². The third-order valence-corrected chi connectivity index (χ3v) is 3.59. The molecule has 2 aromatic rings. The Balaban J connectivity index is 1.64. The van der Waals surface area contributed by atoms with Gasteiger partial charge in [-0.15, -0.1) is 0 Å². The van der Waals surface area contributed by atoms with E-state index in [1.54, 1.807) is 18.2 Å². The maximum atomic E-state index is 12.0. The predicted octanol–water partition coefficient (Wildman–Crippen LogP) is 2.35. The van der Waals surface area contributed by atoms with Gasteiger partial charge in [0.2, 0.25) is 0 Å². The summed E-state index contributed by atoms with van der Waals surface area (Å²) in [5.41, 5.74) is 15.3. The number of nitrogens with two attached hydrogens (primary N) is 2. The molecule has 1 unspecified atom stereocenters. The Morgan fingerprint density at radius 3 is 2.55 bits per heavy atom. The van der Waals surface area contributed by atoms with Gasteiger partial charge in [-0.3, -0.25) is 0 Å². The van der Waals surface area contributed by atoms with E-state index in [2.05, 4.69) is 12.1 Å². The fourth-order valence-corrected chi connectivity index (χ4v) is 2.57. The molecule has 2 aromatic carbocycles. The van der Waals surface area contributed by atoms with E-state index in [4.69, 9.17) is 16.2 Å². The number of nitrogen functional groups attached to an aromatic ring is 2. The van der Waals surface area contributed by atoms with Crippen molar-refractivity contribution in [3.63, 3.8) is 0 Å². The number of anilines is 2. The molecule has 102 valence electrons. The zero-order chi connectivity index (χ0) is 14.1. The van der Waals surface area contributed by atoms with Crippen LogP contribution in [0.4, 0.5) is 11.4 Å². The van der Waals surface area contributed by atoms with Crippen LogP contribution in [0, 0.1) is 0 Å². The summed E-state index contributed by atoms with van der Waals surface area (Å²) in [6.07, 6.45) is 0.961. The number of fused-ring (bicyclic) bond motifs is 1. The van der Waals surface area contributed by atoms with Crippen LogP contribution in [-0.2, 0) is 11.2 Å². The Hall–Kier alpha value is -2.49. The summed E-state index contributed by atoms with van der Waals surface area (Å²) in [4.78, 5) is 12.0. The number of benzene rings is 2. The molecule has 4 N–H and O–H groups in total. The second-order valence-electron chi connectivity index (χ2n) is 5.09. The van der Waals surface area contributed by atoms with Gasteiger partial charge in [0, 0.05) is 17.3 Å². The summed E-state index contributed by atoms with van der Waals surface area (Å²) in [7, 11) is 0. The summed E-state index contributed by atoms with van der Waals surface area (Å²) < 4.78 is 5.35. The first kappa shape index (κ1) is 12.5. The number of hydrogen-bond acceptors (Lipinski definition) is 4. The summed E-state index contributed by atoms with van der Waals surface area (Å²) in [6.45, 7) is 0.393. The Morgan fingerprint density at radius 2 is 1.85 bits per heavy atom. The molecule has 0 heterocycles. The summed E-state index contributed by atoms with van der Waals surface area (Å²) >= 11 is 0. The highest BCUT2D eigenvalue weighted by atomic mass is 16.5. The lowest BCUT2D eigenvalue weighted by atomic mass is 9.78. The molecule has 4 heteroatoms. The van der Waals surface area contributed by atoms with Gasteiger partial charge in [-0.05, 0) is 35.7 Å². The first-order valence-electron chi connectivity index (χ1n) is 6.54. The molecular weight excluding hydrogens is 252 g/mol. The van der Waals surface area contributed by atoms with Crippen LogP contribution in [-0.4, -0.2) is 12.6 Å². The smallest absolute Gasteiger partial charge is 0.338 e. The molecule has 0 amide bonds. The van der Waals surface area contributed by atoms with Crippen LogP contribution in [0.25, 0.3) is 0 Å². The highest BCUT2D eigenvalue weighted by Crippen LogP contribution is 2.34. The molecule has 0 aromatic heterocycles. The SMILES string of the molecule is Nc1cc(N)cc(C(=O)OCC2Cc3ccccc32)c1. The quantitative estimate of drug-likeness (QED) is 0.661. The maximum absolute atomic E-state index is 12.0. The lowest BCUT2D eigenvalue weighted by Crippen LogP contribution is -2.23. The van der Waals surface area contributed by atoms with Crippen molar-refractivity contribution in [2.75, 3.05) is 18.1 Å². The Labute approximate surface area is 117 Å². The van der Waals surface area contributed by atoms with Gasteiger partial charge in [-0.1, -0.05) is 24.3 Å². The van der Waals surface area contributed by atoms with E-state index in [-0.39, 0.29) is 5.97 Å². The molecule has 0 saturated carbocycles. The van der Waals surface area contributed by atoms with Gasteiger partial charge in [0.1, 0.15) is 0 Å². The fraction of sp³-hybridized carbons (Fsp3) is 0.188. The van der Waals surface area contributed by atoms with Crippen LogP contribution in [0.15, 0.2) is 42.5 Å². The van der Waals surface area contributed by atoms with Crippen molar-refractivity contribution in [3.8, 4) is 0 Å². The molecular formula is C16H16N2O2. The van der Waals surface area contributed by atoms with Crippen LogP contribution in [0.3, 0.4) is 0 Å². The monoisotopic (exact) mass is 268 g/mol.